The van der Waals surface area contributed by atoms with E-state index in [2.05, 4.69) is 20.9 Å². The highest BCUT2D eigenvalue weighted by Crippen LogP contribution is 1.89. The van der Waals surface area contributed by atoms with Crippen molar-refractivity contribution in [3.8, 4) is 0 Å². The number of aliphatic hydroxyl groups is 1. The van der Waals surface area contributed by atoms with Crippen molar-refractivity contribution < 1.29 is 14.7 Å². The molecule has 0 aliphatic carbocycles. The van der Waals surface area contributed by atoms with E-state index in [9.17, 15) is 9.59 Å². The minimum atomic E-state index is -0.695. The molecular weight excluding hydrogens is 224 g/mol. The van der Waals surface area contributed by atoms with Crippen LogP contribution in [-0.4, -0.2) is 74.2 Å². The molecule has 17 heavy (non-hydrogen) atoms. The van der Waals surface area contributed by atoms with Gasteiger partial charge in [-0.1, -0.05) is 0 Å². The lowest BCUT2D eigenvalue weighted by Crippen LogP contribution is -2.48. The summed E-state index contributed by atoms with van der Waals surface area (Å²) in [6, 6.07) is 0. The molecular formula is C10H20N4O3. The predicted molar refractivity (Wildman–Crippen MR) is 62.4 cm³/mol. The molecule has 1 heterocycles. The molecule has 7 heteroatoms. The van der Waals surface area contributed by atoms with Gasteiger partial charge in [-0.25, -0.2) is 0 Å². The lowest BCUT2D eigenvalue weighted by molar-refractivity contribution is -0.139. The SMILES string of the molecule is O=C(NCCO)C(=O)NCCN1CCNCC1. The molecule has 7 nitrogen and oxygen atoms in total. The van der Waals surface area contributed by atoms with Crippen LogP contribution in [-0.2, 0) is 9.59 Å². The Morgan fingerprint density at radius 1 is 1.12 bits per heavy atom. The Morgan fingerprint density at radius 2 is 1.71 bits per heavy atom. The van der Waals surface area contributed by atoms with Crippen molar-refractivity contribution in [2.24, 2.45) is 0 Å². The van der Waals surface area contributed by atoms with Gasteiger partial charge in [-0.2, -0.15) is 0 Å². The van der Waals surface area contributed by atoms with Gasteiger partial charge >= 0.3 is 11.8 Å². The minimum Gasteiger partial charge on any atom is -0.395 e. The third kappa shape index (κ3) is 5.62. The van der Waals surface area contributed by atoms with Gasteiger partial charge in [0.1, 0.15) is 0 Å². The third-order valence-corrected chi connectivity index (χ3v) is 2.53. The molecule has 0 aromatic heterocycles. The van der Waals surface area contributed by atoms with Gasteiger partial charge in [0.25, 0.3) is 0 Å². The van der Waals surface area contributed by atoms with Gasteiger partial charge in [0.05, 0.1) is 6.61 Å². The predicted octanol–water partition coefficient (Wildman–Crippen LogP) is -2.88. The fraction of sp³-hybridized carbons (Fsp3) is 0.800. The molecule has 4 N–H and O–H groups in total. The Balaban J connectivity index is 2.08. The van der Waals surface area contributed by atoms with Crippen LogP contribution in [0.25, 0.3) is 0 Å². The van der Waals surface area contributed by atoms with E-state index in [0.717, 1.165) is 32.7 Å². The van der Waals surface area contributed by atoms with Crippen molar-refractivity contribution in [1.82, 2.24) is 20.9 Å². The summed E-state index contributed by atoms with van der Waals surface area (Å²) in [5.41, 5.74) is 0. The molecule has 1 fully saturated rings. The van der Waals surface area contributed by atoms with Gasteiger partial charge in [0, 0.05) is 45.8 Å². The lowest BCUT2D eigenvalue weighted by Gasteiger charge is -2.26. The zero-order valence-corrected chi connectivity index (χ0v) is 9.87. The minimum absolute atomic E-state index is 0.101. The number of rotatable bonds is 5. The Hall–Kier alpha value is -1.18. The van der Waals surface area contributed by atoms with E-state index >= 15 is 0 Å². The molecule has 0 bridgehead atoms. The first-order valence-electron chi connectivity index (χ1n) is 5.84. The average molecular weight is 244 g/mol. The standard InChI is InChI=1S/C10H20N4O3/c15-8-4-13-10(17)9(16)12-3-7-14-5-1-11-2-6-14/h11,15H,1-8H2,(H,12,16)(H,13,17). The second kappa shape index (κ2) is 7.99. The first-order chi connectivity index (χ1) is 8.24. The molecule has 1 aliphatic heterocycles. The Kier molecular flexibility index (Phi) is 6.53. The maximum atomic E-state index is 11.3. The van der Waals surface area contributed by atoms with Crippen molar-refractivity contribution in [2.75, 3.05) is 52.4 Å². The van der Waals surface area contributed by atoms with Crippen LogP contribution >= 0.6 is 0 Å². The molecule has 0 spiro atoms. The molecule has 0 atom stereocenters. The summed E-state index contributed by atoms with van der Waals surface area (Å²) in [4.78, 5) is 24.6. The van der Waals surface area contributed by atoms with Crippen LogP contribution in [0.5, 0.6) is 0 Å². The average Bonchev–Trinajstić information content (AvgIpc) is 2.37. The first kappa shape index (κ1) is 13.9. The van der Waals surface area contributed by atoms with E-state index in [4.69, 9.17) is 5.11 Å². The smallest absolute Gasteiger partial charge is 0.309 e. The maximum Gasteiger partial charge on any atom is 0.309 e. The van der Waals surface area contributed by atoms with Crippen LogP contribution < -0.4 is 16.0 Å². The van der Waals surface area contributed by atoms with E-state index in [1.807, 2.05) is 0 Å². The van der Waals surface area contributed by atoms with Gasteiger partial charge in [-0.3, -0.25) is 14.5 Å². The number of nitrogens with one attached hydrogen (secondary N) is 3. The maximum absolute atomic E-state index is 11.3. The number of amides is 2. The molecule has 1 rings (SSSR count). The van der Waals surface area contributed by atoms with Crippen molar-refractivity contribution in [3.05, 3.63) is 0 Å². The normalized spacial score (nSPS) is 16.5. The summed E-state index contributed by atoms with van der Waals surface area (Å²) in [5, 5.41) is 16.6. The summed E-state index contributed by atoms with van der Waals surface area (Å²) in [5.74, 6) is -1.34. The fourth-order valence-corrected chi connectivity index (χ4v) is 1.59. The molecule has 0 radical (unpaired) electrons. The highest BCUT2D eigenvalue weighted by molar-refractivity contribution is 6.35. The van der Waals surface area contributed by atoms with E-state index in [1.54, 1.807) is 0 Å². The molecule has 0 unspecified atom stereocenters. The summed E-state index contributed by atoms with van der Waals surface area (Å²) < 4.78 is 0. The first-order valence-corrected chi connectivity index (χ1v) is 5.84. The van der Waals surface area contributed by atoms with Crippen molar-refractivity contribution in [3.63, 3.8) is 0 Å². The van der Waals surface area contributed by atoms with Crippen LogP contribution in [0, 0.1) is 0 Å². The Morgan fingerprint density at radius 3 is 2.29 bits per heavy atom. The summed E-state index contributed by atoms with van der Waals surface area (Å²) in [6.45, 7) is 5.00. The molecule has 1 saturated heterocycles. The van der Waals surface area contributed by atoms with Gasteiger partial charge < -0.3 is 21.1 Å². The van der Waals surface area contributed by atoms with Crippen LogP contribution in [0.4, 0.5) is 0 Å². The van der Waals surface area contributed by atoms with Crippen LogP contribution in [0.2, 0.25) is 0 Å². The highest BCUT2D eigenvalue weighted by Gasteiger charge is 2.13. The van der Waals surface area contributed by atoms with Crippen molar-refractivity contribution >= 4 is 11.8 Å². The van der Waals surface area contributed by atoms with Crippen molar-refractivity contribution in [2.45, 2.75) is 0 Å². The van der Waals surface area contributed by atoms with Crippen molar-refractivity contribution in [1.29, 1.82) is 0 Å². The summed E-state index contributed by atoms with van der Waals surface area (Å²) >= 11 is 0. The van der Waals surface area contributed by atoms with E-state index in [0.29, 0.717) is 6.54 Å². The Bertz CT molecular complexity index is 254. The van der Waals surface area contributed by atoms with Gasteiger partial charge in [-0.05, 0) is 0 Å². The highest BCUT2D eigenvalue weighted by atomic mass is 16.3. The van der Waals surface area contributed by atoms with Crippen LogP contribution in [0.15, 0.2) is 0 Å². The number of nitrogens with zero attached hydrogens (tertiary/aromatic N) is 1. The summed E-state index contributed by atoms with van der Waals surface area (Å²) in [7, 11) is 0. The molecule has 0 aromatic rings. The topological polar surface area (TPSA) is 93.7 Å². The molecule has 0 aromatic carbocycles. The van der Waals surface area contributed by atoms with E-state index in [1.165, 1.54) is 0 Å². The number of carbonyl (C=O) groups is 2. The van der Waals surface area contributed by atoms with Gasteiger partial charge in [0.2, 0.25) is 0 Å². The molecule has 2 amide bonds. The second-order valence-corrected chi connectivity index (χ2v) is 3.83. The van der Waals surface area contributed by atoms with Gasteiger partial charge in [-0.15, -0.1) is 0 Å². The number of hydrogen-bond acceptors (Lipinski definition) is 5. The molecule has 0 saturated carbocycles. The molecule has 1 aliphatic rings. The monoisotopic (exact) mass is 244 g/mol. The zero-order valence-electron chi connectivity index (χ0n) is 9.87. The van der Waals surface area contributed by atoms with Crippen LogP contribution in [0.1, 0.15) is 0 Å². The second-order valence-electron chi connectivity index (χ2n) is 3.83. The number of piperazine rings is 1. The largest absolute Gasteiger partial charge is 0.395 e. The number of hydrogen-bond donors (Lipinski definition) is 4. The Labute approximate surface area is 101 Å². The lowest BCUT2D eigenvalue weighted by atomic mass is 10.3. The molecule has 98 valence electrons. The number of carbonyl (C=O) groups excluding carboxylic acids is 2. The zero-order chi connectivity index (χ0) is 12.5. The number of aliphatic hydroxyl groups excluding tert-OH is 1. The van der Waals surface area contributed by atoms with E-state index in [-0.39, 0.29) is 13.2 Å². The third-order valence-electron chi connectivity index (χ3n) is 2.53. The van der Waals surface area contributed by atoms with Crippen LogP contribution in [0.3, 0.4) is 0 Å². The van der Waals surface area contributed by atoms with E-state index < -0.39 is 11.8 Å². The fourth-order valence-electron chi connectivity index (χ4n) is 1.59. The summed E-state index contributed by atoms with van der Waals surface area (Å²) in [6.07, 6.45) is 0. The quantitative estimate of drug-likeness (QED) is 0.390. The van der Waals surface area contributed by atoms with Gasteiger partial charge in [0.15, 0.2) is 0 Å².